The minimum absolute atomic E-state index is 0.0305. The Morgan fingerprint density at radius 1 is 0.487 bits per heavy atom. The van der Waals surface area contributed by atoms with Crippen molar-refractivity contribution in [3.63, 3.8) is 0 Å². The third kappa shape index (κ3) is 13.8. The Kier molecular flexibility index (Phi) is 19.7. The van der Waals surface area contributed by atoms with Gasteiger partial charge in [-0.2, -0.15) is 38.5 Å². The average molecular weight is 1590 g/mol. The molecule has 42 nitrogen and oxygen atoms in total. The molecule has 0 bridgehead atoms. The van der Waals surface area contributed by atoms with E-state index in [1.807, 2.05) is 30.3 Å². The van der Waals surface area contributed by atoms with Crippen LogP contribution in [0.5, 0.6) is 28.7 Å². The summed E-state index contributed by atoms with van der Waals surface area (Å²) in [6.45, 7) is 2.71. The van der Waals surface area contributed by atoms with E-state index in [1.54, 1.807) is 146 Å². The van der Waals surface area contributed by atoms with Crippen LogP contribution in [0.15, 0.2) is 171 Å². The molecule has 1 atom stereocenters. The number of nitrogens with one attached hydrogen (secondary N) is 2. The number of nitrogen functional groups attached to an aromatic ring is 4. The number of Topliss-reactive ketones (excluding diaryl/α,β-unsaturated/α-hetero) is 1. The summed E-state index contributed by atoms with van der Waals surface area (Å²) in [4.78, 5) is 103. The molecule has 18 aromatic rings. The lowest BCUT2D eigenvalue weighted by Crippen LogP contribution is -2.27. The Labute approximate surface area is 656 Å². The van der Waals surface area contributed by atoms with Crippen LogP contribution in [-0.2, 0) is 47.8 Å². The number of ether oxygens (including phenoxy) is 5. The van der Waals surface area contributed by atoms with E-state index in [2.05, 4.69) is 82.5 Å². The van der Waals surface area contributed by atoms with Gasteiger partial charge in [-0.25, -0.2) is 34.1 Å². The first-order chi connectivity index (χ1) is 56.6. The minimum Gasteiger partial charge on any atom is -0.497 e. The second kappa shape index (κ2) is 30.6. The van der Waals surface area contributed by atoms with Gasteiger partial charge in [0.2, 0.25) is 47.0 Å². The maximum absolute atomic E-state index is 13.2. The van der Waals surface area contributed by atoms with Gasteiger partial charge < -0.3 is 74.5 Å². The zero-order valence-electron chi connectivity index (χ0n) is 64.1. The fraction of sp³-hybridized carbons (Fsp3) is 0.227. The Hall–Kier alpha value is -15.9. The Balaban J connectivity index is 0.000000118. The summed E-state index contributed by atoms with van der Waals surface area (Å²) in [6, 6.07) is 32.6. The summed E-state index contributed by atoms with van der Waals surface area (Å²) in [7, 11) is 14.5. The molecule has 598 valence electrons. The molecule has 42 heteroatoms. The quantitative estimate of drug-likeness (QED) is 0.0532. The number of H-pyrrole nitrogens is 1. The number of aromatic nitrogens is 22. The van der Waals surface area contributed by atoms with Crippen molar-refractivity contribution in [2.75, 3.05) is 88.3 Å². The van der Waals surface area contributed by atoms with E-state index in [-0.39, 0.29) is 83.5 Å². The van der Waals surface area contributed by atoms with Crippen molar-refractivity contribution < 1.29 is 46.1 Å². The number of anilines is 6. The lowest BCUT2D eigenvalue weighted by Gasteiger charge is -2.19. The summed E-state index contributed by atoms with van der Waals surface area (Å²) in [5.41, 5.74) is 30.9. The fourth-order valence-electron chi connectivity index (χ4n) is 13.9. The zero-order valence-corrected chi connectivity index (χ0v) is 64.1. The first-order valence-electron chi connectivity index (χ1n) is 35.9. The molecule has 0 saturated carbocycles. The molecule has 1 unspecified atom stereocenters. The fourth-order valence-corrected chi connectivity index (χ4v) is 13.9. The van der Waals surface area contributed by atoms with Crippen LogP contribution < -0.4 is 79.6 Å². The molecule has 16 heterocycles. The number of fused-ring (bicyclic) bond motifs is 10. The van der Waals surface area contributed by atoms with Crippen LogP contribution in [-0.4, -0.2) is 167 Å². The number of carbonyl (C=O) groups excluding carboxylic acids is 1. The predicted octanol–water partition coefficient (Wildman–Crippen LogP) is 5.65. The van der Waals surface area contributed by atoms with Gasteiger partial charge >= 0.3 is 22.8 Å². The molecule has 0 amide bonds. The van der Waals surface area contributed by atoms with Crippen molar-refractivity contribution in [1.29, 1.82) is 0 Å². The maximum Gasteiger partial charge on any atom is 0.330 e. The van der Waals surface area contributed by atoms with Gasteiger partial charge in [0.05, 0.1) is 80.2 Å². The Morgan fingerprint density at radius 3 is 1.43 bits per heavy atom. The maximum atomic E-state index is 13.2. The van der Waals surface area contributed by atoms with Gasteiger partial charge in [0.25, 0.3) is 0 Å². The van der Waals surface area contributed by atoms with E-state index >= 15 is 0 Å². The standard InChI is InChI=1S/C23H24N8O3.C21H22N6O5.C20H19N7O4.C11H9N7O2/c1-28-18-20(26-22(24)31-21(18)25-19(27-31)17-4-3-11-34-17)30(23(28)32)13-14-9-10-29(12-14)15-5-7-16(33-2)8-6-15;1-26-17-18(23-10-13(28)14-5-4-8-32-14)24-20(22)25-19(17)27(21(26)29)11-12-6-7-15(30-2)16(9-12)31-3;1-25-15-17(23-19(21)27-18(15)22-16(24-27)13-5-4-8-31-13)26(20(25)28)10-11-6-7-12(29-2)14(9-11)30-3;1-17-6-8(15-11(17)19)14-10(12)18-9(6)13-7(16-18)5-3-2-4-20-5/h3-8,11,14H,9-10,12-13H2,1-2H3,(H2,24,26);4-9H,10-11H2,1-3H3,(H3,22,23,24,25);4-9H,10H2,1-3H3,(H2,21,23);2-4H,1H3,(H2,12,14)(H,15,19). The monoisotopic (exact) mass is 1590 g/mol. The van der Waals surface area contributed by atoms with Gasteiger partial charge in [0.15, 0.2) is 91.4 Å². The molecule has 15 aromatic heterocycles. The lowest BCUT2D eigenvalue weighted by molar-refractivity contribution is 0.0979. The smallest absolute Gasteiger partial charge is 0.330 e. The topological polar surface area (TPSA) is 509 Å². The van der Waals surface area contributed by atoms with Crippen molar-refractivity contribution in [1.82, 2.24) is 106 Å². The number of benzene rings is 3. The first-order valence-corrected chi connectivity index (χ1v) is 35.9. The lowest BCUT2D eigenvalue weighted by atomic mass is 10.1. The van der Waals surface area contributed by atoms with Crippen molar-refractivity contribution in [2.24, 2.45) is 34.1 Å². The molecular weight excluding hydrogens is 1520 g/mol. The summed E-state index contributed by atoms with van der Waals surface area (Å²) in [6.07, 6.45) is 7.02. The van der Waals surface area contributed by atoms with Gasteiger partial charge in [-0.05, 0) is 121 Å². The van der Waals surface area contributed by atoms with Crippen LogP contribution in [0.2, 0.25) is 0 Å². The zero-order chi connectivity index (χ0) is 81.8. The molecule has 0 radical (unpaired) electrons. The number of hydrogen-bond donors (Lipinski definition) is 6. The number of aryl methyl sites for hydroxylation is 4. The second-order valence-corrected chi connectivity index (χ2v) is 26.7. The summed E-state index contributed by atoms with van der Waals surface area (Å²) in [5.74, 6) is 6.69. The van der Waals surface area contributed by atoms with Gasteiger partial charge in [-0.3, -0.25) is 41.7 Å². The van der Waals surface area contributed by atoms with E-state index in [9.17, 15) is 24.0 Å². The summed E-state index contributed by atoms with van der Waals surface area (Å²) in [5, 5.41) is 16.0. The van der Waals surface area contributed by atoms with Gasteiger partial charge in [0.1, 0.15) is 27.8 Å². The van der Waals surface area contributed by atoms with Gasteiger partial charge in [-0.15, -0.1) is 15.3 Å². The number of carbonyl (C=O) groups is 1. The average Bonchev–Trinajstić information content (AvgIpc) is 1.59. The third-order valence-corrected chi connectivity index (χ3v) is 19.7. The molecule has 117 heavy (non-hydrogen) atoms. The van der Waals surface area contributed by atoms with Crippen LogP contribution in [0, 0.1) is 5.92 Å². The molecule has 1 aliphatic heterocycles. The molecule has 1 aliphatic rings. The van der Waals surface area contributed by atoms with Gasteiger partial charge in [0, 0.05) is 53.5 Å². The van der Waals surface area contributed by atoms with Crippen LogP contribution in [0.3, 0.4) is 0 Å². The van der Waals surface area contributed by atoms with E-state index < -0.39 is 0 Å². The van der Waals surface area contributed by atoms with Crippen molar-refractivity contribution >= 4 is 103 Å². The predicted molar refractivity (Wildman–Crippen MR) is 427 cm³/mol. The highest BCUT2D eigenvalue weighted by molar-refractivity contribution is 5.98. The number of aromatic amines is 1. The SMILES string of the molecule is COc1ccc(Cn2c(=O)n(C)c3c(NCC(=O)c4ccco4)nc(N)nc32)cc1OC.COc1ccc(Cn2c(=O)n(C)c3c2nc(N)n2nc(-c4ccco4)nc32)cc1OC.COc1ccc(N2CCC(Cn3c(=O)n(C)c4c3nc(N)n3nc(-c5ccco5)nc43)C2)cc1.Cn1c(=O)[nH]c2nc(N)n3nc(-c4ccco4)nc3c21. The molecule has 10 N–H and O–H groups in total. The summed E-state index contributed by atoms with van der Waals surface area (Å²) >= 11 is 0. The second-order valence-electron chi connectivity index (χ2n) is 26.7. The van der Waals surface area contributed by atoms with E-state index in [0.29, 0.717) is 132 Å². The number of rotatable bonds is 19. The van der Waals surface area contributed by atoms with E-state index in [1.165, 1.54) is 55.2 Å². The highest BCUT2D eigenvalue weighted by atomic mass is 16.5. The molecule has 0 spiro atoms. The van der Waals surface area contributed by atoms with Crippen LogP contribution in [0.4, 0.5) is 35.3 Å². The number of methoxy groups -OCH3 is 5. The van der Waals surface area contributed by atoms with Gasteiger partial charge in [-0.1, -0.05) is 12.1 Å². The molecule has 1 fully saturated rings. The highest BCUT2D eigenvalue weighted by Crippen LogP contribution is 2.34. The van der Waals surface area contributed by atoms with Crippen LogP contribution in [0.25, 0.3) is 96.4 Å². The number of nitrogens with zero attached hydrogens (tertiary/aromatic N) is 22. The normalized spacial score (nSPS) is 12.7. The van der Waals surface area contributed by atoms with Crippen molar-refractivity contribution in [3.8, 4) is 63.5 Å². The Bertz CT molecular complexity index is 7010. The Morgan fingerprint density at radius 2 is 0.949 bits per heavy atom. The van der Waals surface area contributed by atoms with Crippen LogP contribution in [0.1, 0.15) is 28.1 Å². The highest BCUT2D eigenvalue weighted by Gasteiger charge is 2.30. The third-order valence-electron chi connectivity index (χ3n) is 19.7. The van der Waals surface area contributed by atoms with Crippen molar-refractivity contribution in [3.05, 3.63) is 193 Å². The molecule has 0 aliphatic carbocycles. The molecule has 1 saturated heterocycles. The largest absolute Gasteiger partial charge is 0.497 e. The molecule has 3 aromatic carbocycles. The number of hydrogen-bond acceptors (Lipinski definition) is 31. The number of imidazole rings is 4. The first kappa shape index (κ1) is 75.1. The van der Waals surface area contributed by atoms with E-state index in [4.69, 9.17) is 64.3 Å². The number of ketones is 1. The van der Waals surface area contributed by atoms with Crippen molar-refractivity contribution in [2.45, 2.75) is 26.1 Å². The minimum atomic E-state index is -0.310. The number of furan rings is 4. The molecule has 19 rings (SSSR count). The number of nitrogens with two attached hydrogens (primary N) is 4. The summed E-state index contributed by atoms with van der Waals surface area (Å²) < 4.78 is 62.5. The van der Waals surface area contributed by atoms with Crippen LogP contribution >= 0.6 is 0 Å². The van der Waals surface area contributed by atoms with E-state index in [0.717, 1.165) is 42.1 Å². The molecular formula is C75H74N28O14.